The molecule has 2 amide bonds. The molecule has 0 bridgehead atoms. The van der Waals surface area contributed by atoms with E-state index < -0.39 is 29.5 Å². The molecule has 1 unspecified atom stereocenters. The van der Waals surface area contributed by atoms with Crippen molar-refractivity contribution in [3.05, 3.63) is 77.2 Å². The number of carbonyl (C=O) groups excluding carboxylic acids is 1. The monoisotopic (exact) mass is 452 g/mol. The number of nitriles is 1. The number of aromatic nitrogens is 1. The molecule has 2 N–H and O–H groups in total. The summed E-state index contributed by atoms with van der Waals surface area (Å²) in [7, 11) is 0. The fourth-order valence-electron chi connectivity index (χ4n) is 3.98. The lowest BCUT2D eigenvalue weighted by molar-refractivity contribution is 0.247. The van der Waals surface area contributed by atoms with Gasteiger partial charge < -0.3 is 14.8 Å². The lowest BCUT2D eigenvalue weighted by Gasteiger charge is -2.16. The number of halogens is 3. The normalized spacial score (nSPS) is 19.9. The van der Waals surface area contributed by atoms with Gasteiger partial charge in [-0.1, -0.05) is 0 Å². The Labute approximate surface area is 185 Å². The number of nitrogens with zero attached hydrogens (tertiary/aromatic N) is 2. The van der Waals surface area contributed by atoms with Crippen LogP contribution >= 0.6 is 0 Å². The van der Waals surface area contributed by atoms with E-state index in [9.17, 15) is 18.0 Å². The molecular formula is C23H15F3N4O3. The van der Waals surface area contributed by atoms with Crippen molar-refractivity contribution in [2.75, 3.05) is 11.9 Å². The molecule has 10 heteroatoms. The van der Waals surface area contributed by atoms with Crippen LogP contribution in [0.15, 0.2) is 48.7 Å². The number of benzene rings is 2. The third-order valence-electron chi connectivity index (χ3n) is 5.58. The first-order valence-electron chi connectivity index (χ1n) is 9.96. The summed E-state index contributed by atoms with van der Waals surface area (Å²) in [5.74, 6) is -1.68. The number of nitrogens with one attached hydrogen (secondary N) is 2. The zero-order chi connectivity index (χ0) is 23.1. The molecule has 7 nitrogen and oxygen atoms in total. The second-order valence-corrected chi connectivity index (χ2v) is 7.63. The van der Waals surface area contributed by atoms with Crippen LogP contribution in [0.4, 0.5) is 23.8 Å². The Morgan fingerprint density at radius 3 is 2.73 bits per heavy atom. The summed E-state index contributed by atoms with van der Waals surface area (Å²) in [4.78, 5) is 16.5. The Morgan fingerprint density at radius 2 is 1.97 bits per heavy atom. The van der Waals surface area contributed by atoms with Crippen molar-refractivity contribution >= 4 is 11.8 Å². The average Bonchev–Trinajstić information content (AvgIpc) is 3.51. The van der Waals surface area contributed by atoms with Gasteiger partial charge in [-0.2, -0.15) is 5.26 Å². The third kappa shape index (κ3) is 3.89. The molecule has 3 atom stereocenters. The Balaban J connectivity index is 1.21. The molecule has 0 saturated heterocycles. The van der Waals surface area contributed by atoms with E-state index >= 15 is 0 Å². The number of urea groups is 1. The Kier molecular flexibility index (Phi) is 5.01. The zero-order valence-electron chi connectivity index (χ0n) is 16.8. The molecule has 2 aromatic carbocycles. The molecule has 0 radical (unpaired) electrons. The number of carbonyl (C=O) groups is 1. The minimum absolute atomic E-state index is 0.0318. The summed E-state index contributed by atoms with van der Waals surface area (Å²) >= 11 is 0. The maximum atomic E-state index is 14.2. The van der Waals surface area contributed by atoms with Crippen molar-refractivity contribution in [2.24, 2.45) is 5.92 Å². The molecule has 1 fully saturated rings. The standard InChI is InChI=1S/C23H15F3N4O3/c24-12-1-5-17(11(7-12)8-27)33-13-2-6-18(28-9-13)29-23(31)30-21-14-10-32-22-16(26)4-3-15(25)20(22)19(14)21/h1-7,9,14,19,21H,10H2,(H2,28,29,30,31)/t14-,19-,21?/m0/s1. The first-order valence-corrected chi connectivity index (χ1v) is 9.96. The van der Waals surface area contributed by atoms with Gasteiger partial charge in [-0.25, -0.2) is 22.9 Å². The molecule has 1 aliphatic carbocycles. The second kappa shape index (κ2) is 8.02. The van der Waals surface area contributed by atoms with E-state index in [1.807, 2.05) is 6.07 Å². The highest BCUT2D eigenvalue weighted by atomic mass is 19.1. The van der Waals surface area contributed by atoms with E-state index in [1.165, 1.54) is 30.5 Å². The summed E-state index contributed by atoms with van der Waals surface area (Å²) in [5, 5.41) is 14.4. The zero-order valence-corrected chi connectivity index (χ0v) is 16.8. The van der Waals surface area contributed by atoms with Gasteiger partial charge in [0.25, 0.3) is 0 Å². The van der Waals surface area contributed by atoms with Crippen LogP contribution in [0.2, 0.25) is 0 Å². The number of hydrogen-bond donors (Lipinski definition) is 2. The number of anilines is 1. The maximum absolute atomic E-state index is 14.2. The molecule has 1 aliphatic heterocycles. The Hall–Kier alpha value is -4.26. The van der Waals surface area contributed by atoms with Crippen molar-refractivity contribution in [3.63, 3.8) is 0 Å². The molecule has 1 aromatic heterocycles. The van der Waals surface area contributed by atoms with Gasteiger partial charge in [-0.15, -0.1) is 0 Å². The fourth-order valence-corrected chi connectivity index (χ4v) is 3.98. The van der Waals surface area contributed by atoms with E-state index in [0.29, 0.717) is 0 Å². The number of fused-ring (bicyclic) bond motifs is 3. The molecule has 33 heavy (non-hydrogen) atoms. The van der Waals surface area contributed by atoms with Crippen LogP contribution in [0, 0.1) is 34.7 Å². The quantitative estimate of drug-likeness (QED) is 0.610. The van der Waals surface area contributed by atoms with Gasteiger partial charge in [0.1, 0.15) is 35.0 Å². The SMILES string of the molecule is N#Cc1cc(F)ccc1Oc1ccc(NC(=O)NC2[C@H]3COc4c(F)ccc(F)c4[C@@H]23)nc1. The largest absolute Gasteiger partial charge is 0.490 e. The average molecular weight is 452 g/mol. The van der Waals surface area contributed by atoms with Gasteiger partial charge in [0, 0.05) is 23.4 Å². The summed E-state index contributed by atoms with van der Waals surface area (Å²) in [6.45, 7) is 0.182. The number of ether oxygens (including phenoxy) is 2. The molecule has 166 valence electrons. The molecule has 2 aliphatic rings. The summed E-state index contributed by atoms with van der Waals surface area (Å²) in [6, 6.07) is 9.53. The van der Waals surface area contributed by atoms with E-state index in [-0.39, 0.29) is 52.6 Å². The van der Waals surface area contributed by atoms with E-state index in [2.05, 4.69) is 15.6 Å². The van der Waals surface area contributed by atoms with Crippen LogP contribution in [0.25, 0.3) is 0 Å². The summed E-state index contributed by atoms with van der Waals surface area (Å²) in [6.07, 6.45) is 1.33. The number of amides is 2. The molecule has 3 aromatic rings. The first kappa shape index (κ1) is 20.6. The van der Waals surface area contributed by atoms with Crippen LogP contribution in [0.3, 0.4) is 0 Å². The van der Waals surface area contributed by atoms with Crippen LogP contribution < -0.4 is 20.1 Å². The predicted octanol–water partition coefficient (Wildman–Crippen LogP) is 4.46. The number of pyridine rings is 1. The second-order valence-electron chi connectivity index (χ2n) is 7.63. The van der Waals surface area contributed by atoms with Crippen LogP contribution in [-0.2, 0) is 0 Å². The summed E-state index contributed by atoms with van der Waals surface area (Å²) in [5.41, 5.74) is 0.179. The third-order valence-corrected chi connectivity index (χ3v) is 5.58. The number of hydrogen-bond acceptors (Lipinski definition) is 5. The van der Waals surface area contributed by atoms with Crippen LogP contribution in [0.1, 0.15) is 17.0 Å². The van der Waals surface area contributed by atoms with Gasteiger partial charge >= 0.3 is 6.03 Å². The predicted molar refractivity (Wildman–Crippen MR) is 109 cm³/mol. The van der Waals surface area contributed by atoms with Gasteiger partial charge in [-0.05, 0) is 42.5 Å². The fraction of sp³-hybridized carbons (Fsp3) is 0.174. The van der Waals surface area contributed by atoms with Crippen molar-refractivity contribution in [3.8, 4) is 23.3 Å². The highest BCUT2D eigenvalue weighted by Gasteiger charge is 2.57. The van der Waals surface area contributed by atoms with Gasteiger partial charge in [0.05, 0.1) is 18.4 Å². The highest BCUT2D eigenvalue weighted by molar-refractivity contribution is 5.89. The molecule has 0 spiro atoms. The van der Waals surface area contributed by atoms with Crippen LogP contribution in [-0.4, -0.2) is 23.7 Å². The Morgan fingerprint density at radius 1 is 1.15 bits per heavy atom. The molecule has 1 saturated carbocycles. The van der Waals surface area contributed by atoms with E-state index in [4.69, 9.17) is 14.7 Å². The molecule has 2 heterocycles. The molecule has 5 rings (SSSR count). The van der Waals surface area contributed by atoms with Crippen molar-refractivity contribution in [1.82, 2.24) is 10.3 Å². The smallest absolute Gasteiger partial charge is 0.320 e. The maximum Gasteiger partial charge on any atom is 0.320 e. The summed E-state index contributed by atoms with van der Waals surface area (Å²) < 4.78 is 52.3. The highest BCUT2D eigenvalue weighted by Crippen LogP contribution is 2.55. The van der Waals surface area contributed by atoms with E-state index in [0.717, 1.165) is 18.2 Å². The lowest BCUT2D eigenvalue weighted by Crippen LogP contribution is -2.32. The number of rotatable bonds is 4. The lowest BCUT2D eigenvalue weighted by atomic mass is 10.0. The topological polar surface area (TPSA) is 96.3 Å². The molecular weight excluding hydrogens is 437 g/mol. The minimum atomic E-state index is -0.631. The van der Waals surface area contributed by atoms with Gasteiger partial charge in [0.15, 0.2) is 11.6 Å². The van der Waals surface area contributed by atoms with Crippen molar-refractivity contribution in [2.45, 2.75) is 12.0 Å². The van der Waals surface area contributed by atoms with Gasteiger partial charge in [-0.3, -0.25) is 5.32 Å². The van der Waals surface area contributed by atoms with Crippen molar-refractivity contribution in [1.29, 1.82) is 5.26 Å². The Bertz CT molecular complexity index is 1290. The van der Waals surface area contributed by atoms with Gasteiger partial charge in [0.2, 0.25) is 0 Å². The van der Waals surface area contributed by atoms with Crippen molar-refractivity contribution < 1.29 is 27.4 Å². The van der Waals surface area contributed by atoms with Crippen LogP contribution in [0.5, 0.6) is 17.2 Å². The first-order chi connectivity index (χ1) is 15.9. The van der Waals surface area contributed by atoms with E-state index in [1.54, 1.807) is 0 Å². The minimum Gasteiger partial charge on any atom is -0.490 e.